The number of rotatable bonds is 8. The summed E-state index contributed by atoms with van der Waals surface area (Å²) in [6, 6.07) is 7.90. The second-order valence-electron chi connectivity index (χ2n) is 4.07. The lowest BCUT2D eigenvalue weighted by molar-refractivity contribution is 0.449. The third-order valence-electron chi connectivity index (χ3n) is 2.70. The van der Waals surface area contributed by atoms with E-state index in [4.69, 9.17) is 21.0 Å². The maximum Gasteiger partial charge on any atom is 0.156 e. The van der Waals surface area contributed by atoms with E-state index in [-0.39, 0.29) is 6.42 Å². The van der Waals surface area contributed by atoms with Gasteiger partial charge in [-0.2, -0.15) is 21.0 Å². The molecule has 4 nitrogen and oxygen atoms in total. The van der Waals surface area contributed by atoms with Crippen LogP contribution in [0.1, 0.15) is 51.4 Å². The van der Waals surface area contributed by atoms with E-state index in [9.17, 15) is 0 Å². The topological polar surface area (TPSA) is 95.2 Å². The molecule has 0 spiro atoms. The normalized spacial score (nSPS) is 9.65. The highest BCUT2D eigenvalue weighted by Crippen LogP contribution is 2.27. The number of hydrogen-bond donors (Lipinski definition) is 0. The molecule has 0 radical (unpaired) electrons. The summed E-state index contributed by atoms with van der Waals surface area (Å²) in [5, 5.41) is 34.8. The molecule has 0 aliphatic rings. The van der Waals surface area contributed by atoms with E-state index < -0.39 is 5.41 Å². The first-order valence-corrected chi connectivity index (χ1v) is 5.81. The molecule has 0 unspecified atom stereocenters. The zero-order valence-electron chi connectivity index (χ0n) is 9.95. The lowest BCUT2D eigenvalue weighted by atomic mass is 9.83. The lowest BCUT2D eigenvalue weighted by Gasteiger charge is -2.13. The molecule has 0 N–H and O–H groups in total. The molecule has 0 aromatic carbocycles. The van der Waals surface area contributed by atoms with Gasteiger partial charge < -0.3 is 0 Å². The largest absolute Gasteiger partial charge is 0.198 e. The Morgan fingerprint density at radius 2 is 1.29 bits per heavy atom. The highest BCUT2D eigenvalue weighted by Gasteiger charge is 2.29. The zero-order valence-corrected chi connectivity index (χ0v) is 9.95. The van der Waals surface area contributed by atoms with Crippen molar-refractivity contribution in [3.05, 3.63) is 0 Å². The molecule has 0 heterocycles. The van der Waals surface area contributed by atoms with Gasteiger partial charge in [0, 0.05) is 6.42 Å². The summed E-state index contributed by atoms with van der Waals surface area (Å²) in [4.78, 5) is 0. The molecule has 0 aromatic heterocycles. The van der Waals surface area contributed by atoms with Crippen molar-refractivity contribution >= 4 is 0 Å². The predicted molar refractivity (Wildman–Crippen MR) is 61.8 cm³/mol. The Morgan fingerprint density at radius 3 is 1.82 bits per heavy atom. The van der Waals surface area contributed by atoms with Crippen molar-refractivity contribution in [1.29, 1.82) is 21.0 Å². The molecule has 0 amide bonds. The summed E-state index contributed by atoms with van der Waals surface area (Å²) >= 11 is 0. The van der Waals surface area contributed by atoms with Crippen LogP contribution in [0.3, 0.4) is 0 Å². The summed E-state index contributed by atoms with van der Waals surface area (Å²) in [5.41, 5.74) is -1.12. The molecule has 0 saturated carbocycles. The minimum absolute atomic E-state index is 0.0194. The van der Waals surface area contributed by atoms with Crippen LogP contribution in [-0.2, 0) is 0 Å². The monoisotopic (exact) mass is 228 g/mol. The number of unbranched alkanes of at least 4 members (excludes halogenated alkanes) is 5. The Bertz CT molecular complexity index is 358. The van der Waals surface area contributed by atoms with E-state index >= 15 is 0 Å². The van der Waals surface area contributed by atoms with Crippen LogP contribution >= 0.6 is 0 Å². The third-order valence-corrected chi connectivity index (χ3v) is 2.70. The molecule has 0 bridgehead atoms. The van der Waals surface area contributed by atoms with Crippen LogP contribution in [-0.4, -0.2) is 0 Å². The number of nitrogens with zero attached hydrogens (tertiary/aromatic N) is 4. The van der Waals surface area contributed by atoms with Gasteiger partial charge in [-0.25, -0.2) is 0 Å². The van der Waals surface area contributed by atoms with E-state index in [1.807, 2.05) is 18.2 Å². The first-order valence-electron chi connectivity index (χ1n) is 5.81. The van der Waals surface area contributed by atoms with Crippen LogP contribution in [0.5, 0.6) is 0 Å². The van der Waals surface area contributed by atoms with Gasteiger partial charge >= 0.3 is 0 Å². The maximum atomic E-state index is 8.92. The fraction of sp³-hybridized carbons (Fsp3) is 0.692. The Morgan fingerprint density at radius 1 is 0.706 bits per heavy atom. The minimum atomic E-state index is -1.12. The number of hydrogen-bond acceptors (Lipinski definition) is 4. The molecule has 0 aliphatic heterocycles. The lowest BCUT2D eigenvalue weighted by Crippen LogP contribution is -2.15. The fourth-order valence-electron chi connectivity index (χ4n) is 1.60. The molecule has 0 aliphatic carbocycles. The third kappa shape index (κ3) is 6.19. The van der Waals surface area contributed by atoms with Gasteiger partial charge in [0.15, 0.2) is 5.41 Å². The van der Waals surface area contributed by atoms with Crippen LogP contribution < -0.4 is 0 Å². The van der Waals surface area contributed by atoms with Crippen LogP contribution in [0.2, 0.25) is 0 Å². The average Bonchev–Trinajstić information content (AvgIpc) is 2.36. The maximum absolute atomic E-state index is 8.92. The Hall–Kier alpha value is -2.04. The molecule has 4 heteroatoms. The number of nitriles is 4. The van der Waals surface area contributed by atoms with Gasteiger partial charge in [0.05, 0.1) is 30.7 Å². The Labute approximate surface area is 103 Å². The van der Waals surface area contributed by atoms with Gasteiger partial charge in [-0.1, -0.05) is 25.7 Å². The van der Waals surface area contributed by atoms with Gasteiger partial charge in [0.2, 0.25) is 0 Å². The van der Waals surface area contributed by atoms with Crippen molar-refractivity contribution in [2.75, 3.05) is 0 Å². The Balaban J connectivity index is 3.80. The van der Waals surface area contributed by atoms with Crippen LogP contribution in [0.4, 0.5) is 0 Å². The smallest absolute Gasteiger partial charge is 0.156 e. The highest BCUT2D eigenvalue weighted by atomic mass is 14.4. The van der Waals surface area contributed by atoms with Crippen LogP contribution in [0.15, 0.2) is 0 Å². The van der Waals surface area contributed by atoms with Crippen molar-refractivity contribution in [2.24, 2.45) is 5.41 Å². The summed E-state index contributed by atoms with van der Waals surface area (Å²) < 4.78 is 0. The van der Waals surface area contributed by atoms with Crippen molar-refractivity contribution in [3.8, 4) is 24.3 Å². The first kappa shape index (κ1) is 15.0. The quantitative estimate of drug-likeness (QED) is 0.596. The van der Waals surface area contributed by atoms with Crippen LogP contribution in [0.25, 0.3) is 0 Å². The van der Waals surface area contributed by atoms with Gasteiger partial charge in [-0.15, -0.1) is 0 Å². The molecule has 88 valence electrons. The standard InChI is InChI=1S/C13H16N4/c14-9-6-4-2-1-3-5-7-13(11-16,12-17)8-10-15/h1-8H2. The first-order chi connectivity index (χ1) is 8.24. The summed E-state index contributed by atoms with van der Waals surface area (Å²) in [6.07, 6.45) is 5.71. The van der Waals surface area contributed by atoms with Crippen molar-refractivity contribution in [1.82, 2.24) is 0 Å². The van der Waals surface area contributed by atoms with Crippen LogP contribution in [0, 0.1) is 50.7 Å². The molecule has 17 heavy (non-hydrogen) atoms. The molecule has 0 fully saturated rings. The summed E-state index contributed by atoms with van der Waals surface area (Å²) in [6.45, 7) is 0. The predicted octanol–water partition coefficient (Wildman–Crippen LogP) is 3.19. The van der Waals surface area contributed by atoms with E-state index in [0.717, 1.165) is 32.1 Å². The molecular formula is C13H16N4. The van der Waals surface area contributed by atoms with Crippen molar-refractivity contribution < 1.29 is 0 Å². The van der Waals surface area contributed by atoms with E-state index in [1.165, 1.54) is 0 Å². The van der Waals surface area contributed by atoms with Gasteiger partial charge in [-0.3, -0.25) is 0 Å². The van der Waals surface area contributed by atoms with E-state index in [1.54, 1.807) is 0 Å². The average molecular weight is 228 g/mol. The van der Waals surface area contributed by atoms with E-state index in [0.29, 0.717) is 12.8 Å². The minimum Gasteiger partial charge on any atom is -0.198 e. The molecule has 0 atom stereocenters. The fourth-order valence-corrected chi connectivity index (χ4v) is 1.60. The second kappa shape index (κ2) is 9.21. The summed E-state index contributed by atoms with van der Waals surface area (Å²) in [5.74, 6) is 0. The highest BCUT2D eigenvalue weighted by molar-refractivity contribution is 5.16. The van der Waals surface area contributed by atoms with Crippen molar-refractivity contribution in [3.63, 3.8) is 0 Å². The Kier molecular flexibility index (Phi) is 8.10. The van der Waals surface area contributed by atoms with Gasteiger partial charge in [-0.05, 0) is 12.8 Å². The molecular weight excluding hydrogens is 212 g/mol. The summed E-state index contributed by atoms with van der Waals surface area (Å²) in [7, 11) is 0. The molecule has 0 aromatic rings. The SMILES string of the molecule is N#CCCCCCCCC(C#N)(C#N)CC#N. The zero-order chi connectivity index (χ0) is 13.0. The van der Waals surface area contributed by atoms with Gasteiger partial charge in [0.25, 0.3) is 0 Å². The van der Waals surface area contributed by atoms with Gasteiger partial charge in [0.1, 0.15) is 0 Å². The van der Waals surface area contributed by atoms with E-state index in [2.05, 4.69) is 6.07 Å². The molecule has 0 saturated heterocycles. The second-order valence-corrected chi connectivity index (χ2v) is 4.07. The van der Waals surface area contributed by atoms with Crippen molar-refractivity contribution in [2.45, 2.75) is 51.4 Å². The molecule has 0 rings (SSSR count).